The smallest absolute Gasteiger partial charge is 0.336 e. The third-order valence-corrected chi connectivity index (χ3v) is 4.23. The number of pyridine rings is 1. The van der Waals surface area contributed by atoms with E-state index in [0.717, 1.165) is 5.56 Å². The topological polar surface area (TPSA) is 68.7 Å². The summed E-state index contributed by atoms with van der Waals surface area (Å²) >= 11 is 6.29. The number of para-hydroxylation sites is 1. The van der Waals surface area contributed by atoms with E-state index in [1.165, 1.54) is 0 Å². The van der Waals surface area contributed by atoms with Gasteiger partial charge in [-0.25, -0.2) is 9.78 Å². The number of hydrogen-bond acceptors (Lipinski definition) is 4. The molecule has 1 heterocycles. The van der Waals surface area contributed by atoms with Crippen LogP contribution < -0.4 is 9.47 Å². The molecule has 0 bridgehead atoms. The first-order valence-electron chi connectivity index (χ1n) is 8.35. The monoisotopic (exact) mass is 383 g/mol. The summed E-state index contributed by atoms with van der Waals surface area (Å²) in [7, 11) is 1.55. The highest BCUT2D eigenvalue weighted by Crippen LogP contribution is 2.37. The van der Waals surface area contributed by atoms with E-state index in [-0.39, 0.29) is 5.56 Å². The number of hydrogen-bond donors (Lipinski definition) is 1. The predicted octanol–water partition coefficient (Wildman–Crippen LogP) is 5.16. The highest BCUT2D eigenvalue weighted by molar-refractivity contribution is 6.32. The van der Waals surface area contributed by atoms with Gasteiger partial charge in [0.15, 0.2) is 11.5 Å². The number of halogens is 1. The fourth-order valence-corrected chi connectivity index (χ4v) is 3.03. The van der Waals surface area contributed by atoms with Crippen molar-refractivity contribution in [3.63, 3.8) is 0 Å². The van der Waals surface area contributed by atoms with Crippen molar-refractivity contribution in [1.82, 2.24) is 4.98 Å². The normalized spacial score (nSPS) is 11.1. The van der Waals surface area contributed by atoms with Crippen LogP contribution in [0.5, 0.6) is 11.5 Å². The third kappa shape index (κ3) is 4.04. The molecule has 27 heavy (non-hydrogen) atoms. The lowest BCUT2D eigenvalue weighted by Gasteiger charge is -2.12. The maximum Gasteiger partial charge on any atom is 0.336 e. The number of methoxy groups -OCH3 is 1. The molecule has 1 aromatic heterocycles. The summed E-state index contributed by atoms with van der Waals surface area (Å²) in [5.74, 6) is 0.0338. The first-order valence-corrected chi connectivity index (χ1v) is 8.72. The summed E-state index contributed by atoms with van der Waals surface area (Å²) < 4.78 is 10.9. The van der Waals surface area contributed by atoms with E-state index >= 15 is 0 Å². The molecule has 0 aliphatic carbocycles. The second-order valence-corrected chi connectivity index (χ2v) is 6.12. The van der Waals surface area contributed by atoms with E-state index in [2.05, 4.69) is 4.98 Å². The number of fused-ring (bicyclic) bond motifs is 1. The summed E-state index contributed by atoms with van der Waals surface area (Å²) in [6.07, 6.45) is 3.54. The number of ether oxygens (including phenoxy) is 2. The Morgan fingerprint density at radius 1 is 1.22 bits per heavy atom. The SMILES string of the molecule is CCOc1c(Cl)cc(/C=C/c2cc(C(=O)O)c3ccccc3n2)cc1OC. The zero-order chi connectivity index (χ0) is 19.4. The number of nitrogens with zero attached hydrogens (tertiary/aromatic N) is 1. The number of aromatic carboxylic acids is 1. The molecule has 2 aromatic carbocycles. The van der Waals surface area contributed by atoms with Crippen LogP contribution in [0.2, 0.25) is 5.02 Å². The van der Waals surface area contributed by atoms with Gasteiger partial charge in [0.1, 0.15) is 0 Å². The quantitative estimate of drug-likeness (QED) is 0.636. The first-order chi connectivity index (χ1) is 13.0. The van der Waals surface area contributed by atoms with Crippen molar-refractivity contribution in [3.8, 4) is 11.5 Å². The van der Waals surface area contributed by atoms with Crippen LogP contribution in [-0.2, 0) is 0 Å². The minimum atomic E-state index is -0.992. The van der Waals surface area contributed by atoms with Crippen molar-refractivity contribution in [3.05, 3.63) is 64.3 Å². The number of carbonyl (C=O) groups is 1. The lowest BCUT2D eigenvalue weighted by molar-refractivity contribution is 0.0699. The van der Waals surface area contributed by atoms with E-state index in [1.54, 1.807) is 55.7 Å². The molecule has 0 atom stereocenters. The van der Waals surface area contributed by atoms with E-state index < -0.39 is 5.97 Å². The zero-order valence-corrected chi connectivity index (χ0v) is 15.7. The Kier molecular flexibility index (Phi) is 5.62. The van der Waals surface area contributed by atoms with Gasteiger partial charge in [-0.15, -0.1) is 0 Å². The highest BCUT2D eigenvalue weighted by atomic mass is 35.5. The average Bonchev–Trinajstić information content (AvgIpc) is 2.67. The van der Waals surface area contributed by atoms with Gasteiger partial charge in [0.05, 0.1) is 35.5 Å². The van der Waals surface area contributed by atoms with Gasteiger partial charge in [-0.1, -0.05) is 35.9 Å². The van der Waals surface area contributed by atoms with Crippen molar-refractivity contribution < 1.29 is 19.4 Å². The van der Waals surface area contributed by atoms with Crippen molar-refractivity contribution in [2.24, 2.45) is 0 Å². The first kappa shape index (κ1) is 18.7. The molecule has 0 aliphatic rings. The van der Waals surface area contributed by atoms with Crippen LogP contribution in [0.4, 0.5) is 0 Å². The van der Waals surface area contributed by atoms with Crippen LogP contribution in [0.3, 0.4) is 0 Å². The van der Waals surface area contributed by atoms with Gasteiger partial charge in [0.25, 0.3) is 0 Å². The lowest BCUT2D eigenvalue weighted by Crippen LogP contribution is -2.00. The summed E-state index contributed by atoms with van der Waals surface area (Å²) in [5.41, 5.74) is 2.16. The van der Waals surface area contributed by atoms with Gasteiger partial charge in [0.2, 0.25) is 0 Å². The van der Waals surface area contributed by atoms with Gasteiger partial charge < -0.3 is 14.6 Å². The number of rotatable bonds is 6. The predicted molar refractivity (Wildman–Crippen MR) is 107 cm³/mol. The van der Waals surface area contributed by atoms with E-state index in [4.69, 9.17) is 21.1 Å². The van der Waals surface area contributed by atoms with Crippen molar-refractivity contribution in [2.45, 2.75) is 6.92 Å². The van der Waals surface area contributed by atoms with Crippen molar-refractivity contribution in [1.29, 1.82) is 0 Å². The lowest BCUT2D eigenvalue weighted by atomic mass is 10.1. The van der Waals surface area contributed by atoms with Crippen LogP contribution in [-0.4, -0.2) is 29.8 Å². The maximum absolute atomic E-state index is 11.6. The van der Waals surface area contributed by atoms with Crippen LogP contribution >= 0.6 is 11.6 Å². The molecule has 3 rings (SSSR count). The summed E-state index contributed by atoms with van der Waals surface area (Å²) in [4.78, 5) is 16.1. The van der Waals surface area contributed by atoms with E-state index in [9.17, 15) is 9.90 Å². The van der Waals surface area contributed by atoms with Gasteiger partial charge >= 0.3 is 5.97 Å². The maximum atomic E-state index is 11.6. The number of carboxylic acid groups (broad SMARTS) is 1. The Bertz CT molecular complexity index is 1030. The van der Waals surface area contributed by atoms with Crippen LogP contribution in [0, 0.1) is 0 Å². The molecule has 0 amide bonds. The summed E-state index contributed by atoms with van der Waals surface area (Å²) in [5, 5.41) is 10.5. The molecular weight excluding hydrogens is 366 g/mol. The molecule has 0 saturated heterocycles. The van der Waals surface area contributed by atoms with Crippen LogP contribution in [0.25, 0.3) is 23.1 Å². The van der Waals surface area contributed by atoms with Crippen molar-refractivity contribution >= 4 is 40.6 Å². The molecule has 3 aromatic rings. The molecular formula is C21H18ClNO4. The minimum absolute atomic E-state index is 0.211. The van der Waals surface area contributed by atoms with Crippen LogP contribution in [0.1, 0.15) is 28.5 Å². The molecule has 5 nitrogen and oxygen atoms in total. The largest absolute Gasteiger partial charge is 0.493 e. The van der Waals surface area contributed by atoms with Gasteiger partial charge in [0, 0.05) is 5.39 Å². The number of benzene rings is 2. The Hall–Kier alpha value is -3.05. The van der Waals surface area contributed by atoms with E-state index in [1.807, 2.05) is 13.0 Å². The molecule has 0 fully saturated rings. The molecule has 0 unspecified atom stereocenters. The Labute approximate surface area is 161 Å². The summed E-state index contributed by atoms with van der Waals surface area (Å²) in [6, 6.07) is 12.3. The highest BCUT2D eigenvalue weighted by Gasteiger charge is 2.12. The molecule has 1 N–H and O–H groups in total. The Morgan fingerprint density at radius 2 is 2.00 bits per heavy atom. The molecule has 0 saturated carbocycles. The fourth-order valence-electron chi connectivity index (χ4n) is 2.76. The number of carboxylic acids is 1. The second kappa shape index (κ2) is 8.10. The Morgan fingerprint density at radius 3 is 2.70 bits per heavy atom. The molecule has 138 valence electrons. The van der Waals surface area contributed by atoms with Gasteiger partial charge in [-0.3, -0.25) is 0 Å². The molecule has 0 spiro atoms. The fraction of sp³-hybridized carbons (Fsp3) is 0.143. The number of aromatic nitrogens is 1. The molecule has 0 radical (unpaired) electrons. The Balaban J connectivity index is 2.01. The average molecular weight is 384 g/mol. The molecule has 0 aliphatic heterocycles. The second-order valence-electron chi connectivity index (χ2n) is 5.72. The standard InChI is InChI=1S/C21H18ClNO4/c1-3-27-20-17(22)10-13(11-19(20)26-2)8-9-14-12-16(21(24)25)15-6-4-5-7-18(15)23-14/h4-12H,3H2,1-2H3,(H,24,25)/b9-8+. The minimum Gasteiger partial charge on any atom is -0.493 e. The third-order valence-electron chi connectivity index (χ3n) is 3.95. The molecule has 6 heteroatoms. The van der Waals surface area contributed by atoms with Crippen LogP contribution in [0.15, 0.2) is 42.5 Å². The van der Waals surface area contributed by atoms with Gasteiger partial charge in [-0.2, -0.15) is 0 Å². The zero-order valence-electron chi connectivity index (χ0n) is 14.9. The summed E-state index contributed by atoms with van der Waals surface area (Å²) in [6.45, 7) is 2.35. The van der Waals surface area contributed by atoms with E-state index in [0.29, 0.717) is 39.7 Å². The van der Waals surface area contributed by atoms with Gasteiger partial charge in [-0.05, 0) is 42.8 Å². The van der Waals surface area contributed by atoms with Crippen molar-refractivity contribution in [2.75, 3.05) is 13.7 Å².